The van der Waals surface area contributed by atoms with Gasteiger partial charge in [0.2, 0.25) is 5.91 Å². The predicted molar refractivity (Wildman–Crippen MR) is 56.8 cm³/mol. The Kier molecular flexibility index (Phi) is 7.42. The lowest BCUT2D eigenvalue weighted by Gasteiger charge is -2.22. The Morgan fingerprint density at radius 3 is 2.50 bits per heavy atom. The molecule has 0 unspecified atom stereocenters. The summed E-state index contributed by atoms with van der Waals surface area (Å²) in [4.78, 5) is 12.8. The SMILES string of the molecule is CC(C)CN(CCCCO)CC(N)=O. The third-order valence-corrected chi connectivity index (χ3v) is 1.89. The molecule has 3 N–H and O–H groups in total. The van der Waals surface area contributed by atoms with Gasteiger partial charge in [0.05, 0.1) is 6.54 Å². The molecule has 0 aromatic rings. The zero-order valence-electron chi connectivity index (χ0n) is 9.20. The molecule has 0 aromatic heterocycles. The summed E-state index contributed by atoms with van der Waals surface area (Å²) in [6.07, 6.45) is 1.70. The lowest BCUT2D eigenvalue weighted by Crippen LogP contribution is -2.36. The highest BCUT2D eigenvalue weighted by Gasteiger charge is 2.09. The number of amides is 1. The first-order chi connectivity index (χ1) is 6.56. The van der Waals surface area contributed by atoms with Gasteiger partial charge in [0.1, 0.15) is 0 Å². The van der Waals surface area contributed by atoms with E-state index in [1.54, 1.807) is 0 Å². The lowest BCUT2D eigenvalue weighted by atomic mass is 10.2. The van der Waals surface area contributed by atoms with Gasteiger partial charge in [0, 0.05) is 13.2 Å². The van der Waals surface area contributed by atoms with E-state index in [9.17, 15) is 4.79 Å². The van der Waals surface area contributed by atoms with Gasteiger partial charge < -0.3 is 10.8 Å². The maximum Gasteiger partial charge on any atom is 0.231 e. The molecule has 0 heterocycles. The minimum atomic E-state index is -0.283. The zero-order valence-corrected chi connectivity index (χ0v) is 9.20. The Morgan fingerprint density at radius 1 is 1.43 bits per heavy atom. The van der Waals surface area contributed by atoms with Crippen LogP contribution >= 0.6 is 0 Å². The molecule has 0 aliphatic rings. The average molecular weight is 202 g/mol. The van der Waals surface area contributed by atoms with E-state index in [4.69, 9.17) is 10.8 Å². The number of nitrogens with zero attached hydrogens (tertiary/aromatic N) is 1. The Morgan fingerprint density at radius 2 is 2.07 bits per heavy atom. The zero-order chi connectivity index (χ0) is 11.0. The second-order valence-corrected chi connectivity index (χ2v) is 4.03. The summed E-state index contributed by atoms with van der Waals surface area (Å²) < 4.78 is 0. The number of hydrogen-bond acceptors (Lipinski definition) is 3. The molecular formula is C10H22N2O2. The summed E-state index contributed by atoms with van der Waals surface area (Å²) in [5.74, 6) is 0.248. The topological polar surface area (TPSA) is 66.6 Å². The molecule has 84 valence electrons. The fourth-order valence-corrected chi connectivity index (χ4v) is 1.42. The fourth-order valence-electron chi connectivity index (χ4n) is 1.42. The van der Waals surface area contributed by atoms with Crippen molar-refractivity contribution in [2.24, 2.45) is 11.7 Å². The van der Waals surface area contributed by atoms with Crippen molar-refractivity contribution >= 4 is 5.91 Å². The standard InChI is InChI=1S/C10H22N2O2/c1-9(2)7-12(8-10(11)14)5-3-4-6-13/h9,13H,3-8H2,1-2H3,(H2,11,14). The summed E-state index contributed by atoms with van der Waals surface area (Å²) in [6, 6.07) is 0. The molecular weight excluding hydrogens is 180 g/mol. The van der Waals surface area contributed by atoms with Gasteiger partial charge in [-0.3, -0.25) is 9.69 Å². The molecule has 0 fully saturated rings. The highest BCUT2D eigenvalue weighted by atomic mass is 16.2. The molecule has 0 aromatic carbocycles. The number of hydrogen-bond donors (Lipinski definition) is 2. The van der Waals surface area contributed by atoms with Crippen LogP contribution in [0.1, 0.15) is 26.7 Å². The van der Waals surface area contributed by atoms with Gasteiger partial charge in [-0.15, -0.1) is 0 Å². The van der Waals surface area contributed by atoms with Gasteiger partial charge in [-0.1, -0.05) is 13.8 Å². The van der Waals surface area contributed by atoms with Crippen LogP contribution in [0.15, 0.2) is 0 Å². The Hall–Kier alpha value is -0.610. The second kappa shape index (κ2) is 7.76. The second-order valence-electron chi connectivity index (χ2n) is 4.03. The summed E-state index contributed by atoms with van der Waals surface area (Å²) in [7, 11) is 0. The van der Waals surface area contributed by atoms with Crippen LogP contribution in [0.3, 0.4) is 0 Å². The molecule has 0 rings (SSSR count). The molecule has 0 spiro atoms. The Labute approximate surface area is 86.1 Å². The van der Waals surface area contributed by atoms with Gasteiger partial charge in [0.15, 0.2) is 0 Å². The summed E-state index contributed by atoms with van der Waals surface area (Å²) in [5.41, 5.74) is 5.14. The van der Waals surface area contributed by atoms with Crippen molar-refractivity contribution in [3.8, 4) is 0 Å². The normalized spacial score (nSPS) is 11.2. The van der Waals surface area contributed by atoms with E-state index in [1.165, 1.54) is 0 Å². The summed E-state index contributed by atoms with van der Waals surface area (Å²) in [6.45, 7) is 6.48. The Bertz CT molecular complexity index is 160. The number of aliphatic hydroxyl groups excluding tert-OH is 1. The van der Waals surface area contributed by atoms with Gasteiger partial charge in [-0.2, -0.15) is 0 Å². The van der Waals surface area contributed by atoms with E-state index in [-0.39, 0.29) is 12.5 Å². The fraction of sp³-hybridized carbons (Fsp3) is 0.900. The van der Waals surface area contributed by atoms with Crippen molar-refractivity contribution in [3.05, 3.63) is 0 Å². The van der Waals surface area contributed by atoms with E-state index >= 15 is 0 Å². The van der Waals surface area contributed by atoms with Gasteiger partial charge in [-0.25, -0.2) is 0 Å². The molecule has 14 heavy (non-hydrogen) atoms. The van der Waals surface area contributed by atoms with Crippen LogP contribution in [0.25, 0.3) is 0 Å². The van der Waals surface area contributed by atoms with Gasteiger partial charge in [-0.05, 0) is 25.3 Å². The Balaban J connectivity index is 3.78. The molecule has 0 bridgehead atoms. The molecule has 0 atom stereocenters. The van der Waals surface area contributed by atoms with Crippen LogP contribution in [0.4, 0.5) is 0 Å². The van der Waals surface area contributed by atoms with Crippen LogP contribution in [0.2, 0.25) is 0 Å². The van der Waals surface area contributed by atoms with Crippen LogP contribution in [-0.2, 0) is 4.79 Å². The van der Waals surface area contributed by atoms with Crippen LogP contribution < -0.4 is 5.73 Å². The van der Waals surface area contributed by atoms with Gasteiger partial charge in [0.25, 0.3) is 0 Å². The third-order valence-electron chi connectivity index (χ3n) is 1.89. The maximum atomic E-state index is 10.8. The monoisotopic (exact) mass is 202 g/mol. The van der Waals surface area contributed by atoms with Crippen molar-refractivity contribution < 1.29 is 9.90 Å². The quantitative estimate of drug-likeness (QED) is 0.553. The average Bonchev–Trinajstić information content (AvgIpc) is 2.02. The van der Waals surface area contributed by atoms with Crippen molar-refractivity contribution in [3.63, 3.8) is 0 Å². The minimum Gasteiger partial charge on any atom is -0.396 e. The number of unbranched alkanes of at least 4 members (excludes halogenated alkanes) is 1. The van der Waals surface area contributed by atoms with E-state index < -0.39 is 0 Å². The van der Waals surface area contributed by atoms with E-state index in [0.717, 1.165) is 25.9 Å². The largest absolute Gasteiger partial charge is 0.396 e. The number of aliphatic hydroxyl groups is 1. The molecule has 0 saturated carbocycles. The first-order valence-electron chi connectivity index (χ1n) is 5.17. The summed E-state index contributed by atoms with van der Waals surface area (Å²) >= 11 is 0. The third kappa shape index (κ3) is 8.01. The molecule has 4 heteroatoms. The number of primary amides is 1. The van der Waals surface area contributed by atoms with E-state index in [1.807, 2.05) is 4.90 Å². The van der Waals surface area contributed by atoms with Gasteiger partial charge >= 0.3 is 0 Å². The smallest absolute Gasteiger partial charge is 0.231 e. The van der Waals surface area contributed by atoms with Crippen LogP contribution in [-0.4, -0.2) is 42.2 Å². The first kappa shape index (κ1) is 13.4. The highest BCUT2D eigenvalue weighted by molar-refractivity contribution is 5.75. The maximum absolute atomic E-state index is 10.8. The highest BCUT2D eigenvalue weighted by Crippen LogP contribution is 2.00. The number of carbonyl (C=O) groups is 1. The molecule has 0 aliphatic carbocycles. The molecule has 0 saturated heterocycles. The van der Waals surface area contributed by atoms with Crippen LogP contribution in [0, 0.1) is 5.92 Å². The molecule has 0 aliphatic heterocycles. The number of rotatable bonds is 8. The molecule has 1 amide bonds. The van der Waals surface area contributed by atoms with E-state index in [2.05, 4.69) is 13.8 Å². The van der Waals surface area contributed by atoms with Crippen molar-refractivity contribution in [2.75, 3.05) is 26.2 Å². The van der Waals surface area contributed by atoms with E-state index in [0.29, 0.717) is 12.5 Å². The predicted octanol–water partition coefficient (Wildman–Crippen LogP) is 0.202. The van der Waals surface area contributed by atoms with Crippen molar-refractivity contribution in [1.82, 2.24) is 4.90 Å². The number of carbonyl (C=O) groups excluding carboxylic acids is 1. The van der Waals surface area contributed by atoms with Crippen molar-refractivity contribution in [1.29, 1.82) is 0 Å². The first-order valence-corrected chi connectivity index (χ1v) is 5.17. The molecule has 4 nitrogen and oxygen atoms in total. The van der Waals surface area contributed by atoms with Crippen LogP contribution in [0.5, 0.6) is 0 Å². The van der Waals surface area contributed by atoms with Crippen molar-refractivity contribution in [2.45, 2.75) is 26.7 Å². The summed E-state index contributed by atoms with van der Waals surface area (Å²) in [5, 5.41) is 8.63. The number of nitrogens with two attached hydrogens (primary N) is 1. The minimum absolute atomic E-state index is 0.214. The lowest BCUT2D eigenvalue weighted by molar-refractivity contribution is -0.119. The molecule has 0 radical (unpaired) electrons.